The fraction of sp³-hybridized carbons (Fsp3) is 0. The van der Waals surface area contributed by atoms with Crippen molar-refractivity contribution in [1.29, 1.82) is 0 Å². The van der Waals surface area contributed by atoms with E-state index in [0.717, 1.165) is 0 Å². The van der Waals surface area contributed by atoms with Gasteiger partial charge in [-0.3, -0.25) is 9.59 Å². The number of rotatable bonds is 2. The standard InChI is InChI=1S/C16H11Cl2N3O2/c17-11-6-9(7-12(18)14(11)19)20-16(23)13-5-8-3-1-2-4-10(8)15(22)21-13/h1-7H,19H2,(H,20,23)(H,21,22). The van der Waals surface area contributed by atoms with Crippen molar-refractivity contribution in [2.75, 3.05) is 11.1 Å². The van der Waals surface area contributed by atoms with Crippen LogP contribution in [0.5, 0.6) is 0 Å². The second-order valence-electron chi connectivity index (χ2n) is 4.91. The molecule has 0 unspecified atom stereocenters. The number of fused-ring (bicyclic) bond motifs is 1. The lowest BCUT2D eigenvalue weighted by Crippen LogP contribution is -2.19. The molecule has 0 saturated carbocycles. The molecule has 116 valence electrons. The SMILES string of the molecule is Nc1c(Cl)cc(NC(=O)c2cc3ccccc3c(=O)[nH]2)cc1Cl. The Kier molecular flexibility index (Phi) is 3.98. The van der Waals surface area contributed by atoms with Gasteiger partial charge < -0.3 is 16.0 Å². The van der Waals surface area contributed by atoms with Crippen molar-refractivity contribution in [2.24, 2.45) is 0 Å². The average molecular weight is 348 g/mol. The predicted molar refractivity (Wildman–Crippen MR) is 93.4 cm³/mol. The van der Waals surface area contributed by atoms with Crippen molar-refractivity contribution >= 4 is 51.3 Å². The smallest absolute Gasteiger partial charge is 0.272 e. The molecule has 0 fully saturated rings. The third-order valence-electron chi connectivity index (χ3n) is 3.34. The van der Waals surface area contributed by atoms with Gasteiger partial charge in [-0.1, -0.05) is 41.4 Å². The highest BCUT2D eigenvalue weighted by Crippen LogP contribution is 2.31. The van der Waals surface area contributed by atoms with Gasteiger partial charge in [0.05, 0.1) is 15.7 Å². The van der Waals surface area contributed by atoms with Gasteiger partial charge in [-0.15, -0.1) is 0 Å². The molecule has 3 aromatic rings. The zero-order valence-corrected chi connectivity index (χ0v) is 13.2. The van der Waals surface area contributed by atoms with Crippen LogP contribution in [-0.2, 0) is 0 Å². The molecule has 0 bridgehead atoms. The molecule has 7 heteroatoms. The Labute approximate surface area is 141 Å². The molecule has 1 aromatic heterocycles. The minimum atomic E-state index is -0.482. The zero-order valence-electron chi connectivity index (χ0n) is 11.7. The summed E-state index contributed by atoms with van der Waals surface area (Å²) >= 11 is 11.9. The number of aromatic amines is 1. The highest BCUT2D eigenvalue weighted by Gasteiger charge is 2.12. The number of nitrogens with one attached hydrogen (secondary N) is 2. The van der Waals surface area contributed by atoms with Gasteiger partial charge in [0.25, 0.3) is 11.5 Å². The van der Waals surface area contributed by atoms with E-state index >= 15 is 0 Å². The number of benzene rings is 2. The van der Waals surface area contributed by atoms with Crippen LogP contribution in [-0.4, -0.2) is 10.9 Å². The second-order valence-corrected chi connectivity index (χ2v) is 5.72. The molecule has 0 aliphatic carbocycles. The largest absolute Gasteiger partial charge is 0.396 e. The van der Waals surface area contributed by atoms with Crippen molar-refractivity contribution in [3.05, 3.63) is 68.6 Å². The van der Waals surface area contributed by atoms with Crippen LogP contribution < -0.4 is 16.6 Å². The Morgan fingerprint density at radius 3 is 2.43 bits per heavy atom. The number of aromatic nitrogens is 1. The quantitative estimate of drug-likeness (QED) is 0.618. The van der Waals surface area contributed by atoms with E-state index in [2.05, 4.69) is 10.3 Å². The van der Waals surface area contributed by atoms with Crippen molar-refractivity contribution in [2.45, 2.75) is 0 Å². The number of pyridine rings is 1. The lowest BCUT2D eigenvalue weighted by molar-refractivity contribution is 0.102. The van der Waals surface area contributed by atoms with Gasteiger partial charge in [-0.05, 0) is 29.7 Å². The molecule has 0 aliphatic rings. The first-order valence-electron chi connectivity index (χ1n) is 6.63. The van der Waals surface area contributed by atoms with Gasteiger partial charge in [0.2, 0.25) is 0 Å². The molecular weight excluding hydrogens is 337 g/mol. The number of halogens is 2. The normalized spacial score (nSPS) is 10.7. The summed E-state index contributed by atoms with van der Waals surface area (Å²) < 4.78 is 0. The predicted octanol–water partition coefficient (Wildman–Crippen LogP) is 3.67. The molecule has 5 nitrogen and oxygen atoms in total. The lowest BCUT2D eigenvalue weighted by Gasteiger charge is -2.09. The molecule has 3 rings (SSSR count). The van der Waals surface area contributed by atoms with Gasteiger partial charge in [0.1, 0.15) is 5.69 Å². The van der Waals surface area contributed by atoms with Crippen LogP contribution in [0.3, 0.4) is 0 Å². The van der Waals surface area contributed by atoms with Crippen LogP contribution in [0, 0.1) is 0 Å². The van der Waals surface area contributed by atoms with E-state index in [0.29, 0.717) is 16.5 Å². The minimum absolute atomic E-state index is 0.137. The van der Waals surface area contributed by atoms with Crippen molar-refractivity contribution in [1.82, 2.24) is 4.98 Å². The number of carbonyl (C=O) groups excluding carboxylic acids is 1. The maximum atomic E-state index is 12.3. The Morgan fingerprint density at radius 2 is 1.74 bits per heavy atom. The minimum Gasteiger partial charge on any atom is -0.396 e. The fourth-order valence-corrected chi connectivity index (χ4v) is 2.68. The van der Waals surface area contributed by atoms with E-state index in [1.54, 1.807) is 30.3 Å². The third-order valence-corrected chi connectivity index (χ3v) is 3.96. The maximum Gasteiger partial charge on any atom is 0.272 e. The molecule has 1 heterocycles. The number of hydrogen-bond donors (Lipinski definition) is 3. The Morgan fingerprint density at radius 1 is 1.09 bits per heavy atom. The van der Waals surface area contributed by atoms with Gasteiger partial charge in [0.15, 0.2) is 0 Å². The summed E-state index contributed by atoms with van der Waals surface area (Å²) in [5.41, 5.74) is 6.08. The van der Waals surface area contributed by atoms with E-state index in [1.807, 2.05) is 0 Å². The summed E-state index contributed by atoms with van der Waals surface area (Å²) in [7, 11) is 0. The molecule has 0 atom stereocenters. The van der Waals surface area contributed by atoms with Gasteiger partial charge >= 0.3 is 0 Å². The third kappa shape index (κ3) is 3.02. The van der Waals surface area contributed by atoms with E-state index < -0.39 is 5.91 Å². The second kappa shape index (κ2) is 5.95. The van der Waals surface area contributed by atoms with Crippen LogP contribution in [0.1, 0.15) is 10.5 Å². The molecular formula is C16H11Cl2N3O2. The summed E-state index contributed by atoms with van der Waals surface area (Å²) in [6, 6.07) is 11.6. The summed E-state index contributed by atoms with van der Waals surface area (Å²) in [5.74, 6) is -0.482. The zero-order chi connectivity index (χ0) is 16.6. The molecule has 0 saturated heterocycles. The first kappa shape index (κ1) is 15.4. The Hall–Kier alpha value is -2.50. The lowest BCUT2D eigenvalue weighted by atomic mass is 10.1. The number of hydrogen-bond acceptors (Lipinski definition) is 3. The Balaban J connectivity index is 1.96. The van der Waals surface area contributed by atoms with E-state index in [4.69, 9.17) is 28.9 Å². The highest BCUT2D eigenvalue weighted by atomic mass is 35.5. The number of nitrogens with two attached hydrogens (primary N) is 1. The first-order valence-corrected chi connectivity index (χ1v) is 7.39. The van der Waals surface area contributed by atoms with Gasteiger partial charge in [-0.25, -0.2) is 0 Å². The number of H-pyrrole nitrogens is 1. The van der Waals surface area contributed by atoms with Crippen LogP contribution in [0.2, 0.25) is 10.0 Å². The first-order chi connectivity index (χ1) is 11.0. The van der Waals surface area contributed by atoms with Crippen LogP contribution in [0.15, 0.2) is 47.3 Å². The monoisotopic (exact) mass is 347 g/mol. The summed E-state index contributed by atoms with van der Waals surface area (Å²) in [4.78, 5) is 26.9. The maximum absolute atomic E-state index is 12.3. The molecule has 23 heavy (non-hydrogen) atoms. The Bertz CT molecular complexity index is 959. The van der Waals surface area contributed by atoms with Crippen molar-refractivity contribution in [3.63, 3.8) is 0 Å². The number of amides is 1. The van der Waals surface area contributed by atoms with Crippen LogP contribution in [0.4, 0.5) is 11.4 Å². The fourth-order valence-electron chi connectivity index (χ4n) is 2.19. The highest BCUT2D eigenvalue weighted by molar-refractivity contribution is 6.39. The summed E-state index contributed by atoms with van der Waals surface area (Å²) in [6.07, 6.45) is 0. The topological polar surface area (TPSA) is 88.0 Å². The summed E-state index contributed by atoms with van der Waals surface area (Å²) in [6.45, 7) is 0. The van der Waals surface area contributed by atoms with E-state index in [1.165, 1.54) is 12.1 Å². The van der Waals surface area contributed by atoms with Crippen LogP contribution in [0.25, 0.3) is 10.8 Å². The molecule has 0 aliphatic heterocycles. The average Bonchev–Trinajstić information content (AvgIpc) is 2.52. The van der Waals surface area contributed by atoms with E-state index in [-0.39, 0.29) is 27.0 Å². The van der Waals surface area contributed by atoms with Gasteiger partial charge in [0, 0.05) is 11.1 Å². The summed E-state index contributed by atoms with van der Waals surface area (Å²) in [5, 5.41) is 4.29. The molecule has 2 aromatic carbocycles. The number of nitrogen functional groups attached to an aromatic ring is 1. The van der Waals surface area contributed by atoms with Crippen molar-refractivity contribution in [3.8, 4) is 0 Å². The molecule has 0 spiro atoms. The van der Waals surface area contributed by atoms with Gasteiger partial charge in [-0.2, -0.15) is 0 Å². The van der Waals surface area contributed by atoms with E-state index in [9.17, 15) is 9.59 Å². The molecule has 1 amide bonds. The molecule has 0 radical (unpaired) electrons. The van der Waals surface area contributed by atoms with Crippen molar-refractivity contribution < 1.29 is 4.79 Å². The number of anilines is 2. The molecule has 4 N–H and O–H groups in total. The van der Waals surface area contributed by atoms with Crippen LogP contribution >= 0.6 is 23.2 Å². The number of carbonyl (C=O) groups is 1.